The number of urea groups is 1. The molecule has 0 aliphatic carbocycles. The van der Waals surface area contributed by atoms with Crippen LogP contribution in [0.4, 0.5) is 4.79 Å². The van der Waals surface area contributed by atoms with E-state index in [1.165, 1.54) is 7.05 Å². The highest BCUT2D eigenvalue weighted by atomic mass is 16.2. The lowest BCUT2D eigenvalue weighted by atomic mass is 10.4. The van der Waals surface area contributed by atoms with Gasteiger partial charge >= 0.3 is 6.03 Å². The first-order valence-corrected chi connectivity index (χ1v) is 4.95. The molecule has 6 heteroatoms. The lowest BCUT2D eigenvalue weighted by Crippen LogP contribution is -2.42. The number of rotatable bonds is 6. The highest BCUT2D eigenvalue weighted by molar-refractivity contribution is 5.95. The number of carbonyl (C=O) groups excluding carboxylic acids is 2. The van der Waals surface area contributed by atoms with Crippen LogP contribution >= 0.6 is 0 Å². The number of hydrogen-bond acceptors (Lipinski definition) is 4. The van der Waals surface area contributed by atoms with Crippen molar-refractivity contribution >= 4 is 11.9 Å². The Morgan fingerprint density at radius 1 is 1.27 bits per heavy atom. The Morgan fingerprint density at radius 3 is 2.47 bits per heavy atom. The summed E-state index contributed by atoms with van der Waals surface area (Å²) in [6, 6.07) is -0.469. The van der Waals surface area contributed by atoms with Crippen molar-refractivity contribution in [2.24, 2.45) is 0 Å². The molecule has 0 aliphatic rings. The van der Waals surface area contributed by atoms with Crippen molar-refractivity contribution in [2.45, 2.75) is 6.42 Å². The van der Waals surface area contributed by atoms with Crippen LogP contribution in [0.15, 0.2) is 0 Å². The molecule has 0 bridgehead atoms. The molecular formula is C9H20N4O2. The van der Waals surface area contributed by atoms with Crippen molar-refractivity contribution in [3.05, 3.63) is 0 Å². The molecule has 0 saturated carbocycles. The molecule has 0 atom stereocenters. The minimum Gasteiger partial charge on any atom is -0.341 e. The topological polar surface area (TPSA) is 73.5 Å². The molecule has 15 heavy (non-hydrogen) atoms. The zero-order valence-corrected chi connectivity index (χ0v) is 9.59. The van der Waals surface area contributed by atoms with E-state index in [9.17, 15) is 9.59 Å². The second kappa shape index (κ2) is 8.19. The number of imide groups is 1. The van der Waals surface area contributed by atoms with Gasteiger partial charge in [0.1, 0.15) is 0 Å². The van der Waals surface area contributed by atoms with Crippen molar-refractivity contribution < 1.29 is 9.59 Å². The molecule has 0 aromatic rings. The standard InChI is InChI=1S/C9H20N4O2/c1-10-5-4-6-13(3)7-8(14)12-9(15)11-2/h10H,4-7H2,1-3H3,(H2,11,12,14,15). The molecule has 0 unspecified atom stereocenters. The van der Waals surface area contributed by atoms with Crippen LogP contribution in [0.25, 0.3) is 0 Å². The third-order valence-electron chi connectivity index (χ3n) is 1.86. The number of carbonyl (C=O) groups is 2. The van der Waals surface area contributed by atoms with Crippen molar-refractivity contribution in [1.82, 2.24) is 20.9 Å². The Kier molecular flexibility index (Phi) is 7.57. The molecule has 0 radical (unpaired) electrons. The van der Waals surface area contributed by atoms with E-state index in [0.717, 1.165) is 19.5 Å². The van der Waals surface area contributed by atoms with E-state index in [2.05, 4.69) is 16.0 Å². The van der Waals surface area contributed by atoms with Crippen LogP contribution in [0, 0.1) is 0 Å². The Balaban J connectivity index is 3.62. The monoisotopic (exact) mass is 216 g/mol. The Bertz CT molecular complexity index is 208. The van der Waals surface area contributed by atoms with Gasteiger partial charge in [-0.3, -0.25) is 15.0 Å². The van der Waals surface area contributed by atoms with Gasteiger partial charge in [-0.05, 0) is 33.6 Å². The molecule has 0 aromatic heterocycles. The maximum atomic E-state index is 11.2. The van der Waals surface area contributed by atoms with E-state index < -0.39 is 6.03 Å². The smallest absolute Gasteiger partial charge is 0.321 e. The van der Waals surface area contributed by atoms with Gasteiger partial charge in [-0.2, -0.15) is 0 Å². The minimum atomic E-state index is -0.469. The fourth-order valence-corrected chi connectivity index (χ4v) is 1.08. The van der Waals surface area contributed by atoms with Crippen LogP contribution in [-0.4, -0.2) is 57.6 Å². The lowest BCUT2D eigenvalue weighted by Gasteiger charge is -2.15. The fourth-order valence-electron chi connectivity index (χ4n) is 1.08. The predicted octanol–water partition coefficient (Wildman–Crippen LogP) is -1.02. The number of nitrogens with one attached hydrogen (secondary N) is 3. The second-order valence-electron chi connectivity index (χ2n) is 3.32. The highest BCUT2D eigenvalue weighted by Crippen LogP contribution is 1.85. The van der Waals surface area contributed by atoms with Crippen molar-refractivity contribution in [3.8, 4) is 0 Å². The molecule has 0 fully saturated rings. The molecule has 88 valence electrons. The largest absolute Gasteiger partial charge is 0.341 e. The summed E-state index contributed by atoms with van der Waals surface area (Å²) in [5.74, 6) is -0.290. The lowest BCUT2D eigenvalue weighted by molar-refractivity contribution is -0.120. The molecule has 0 saturated heterocycles. The summed E-state index contributed by atoms with van der Waals surface area (Å²) in [5.41, 5.74) is 0. The maximum absolute atomic E-state index is 11.2. The first-order valence-electron chi connectivity index (χ1n) is 4.95. The SMILES string of the molecule is CNCCCN(C)CC(=O)NC(=O)NC. The quantitative estimate of drug-likeness (QED) is 0.497. The number of nitrogens with zero attached hydrogens (tertiary/aromatic N) is 1. The van der Waals surface area contributed by atoms with Crippen LogP contribution in [0.2, 0.25) is 0 Å². The minimum absolute atomic E-state index is 0.233. The van der Waals surface area contributed by atoms with Crippen molar-refractivity contribution in [1.29, 1.82) is 0 Å². The molecule has 6 nitrogen and oxygen atoms in total. The van der Waals surface area contributed by atoms with Gasteiger partial charge in [-0.25, -0.2) is 4.79 Å². The van der Waals surface area contributed by atoms with Crippen LogP contribution in [0.5, 0.6) is 0 Å². The van der Waals surface area contributed by atoms with Crippen LogP contribution < -0.4 is 16.0 Å². The van der Waals surface area contributed by atoms with Gasteiger partial charge in [0.05, 0.1) is 6.54 Å². The van der Waals surface area contributed by atoms with E-state index >= 15 is 0 Å². The Morgan fingerprint density at radius 2 is 1.93 bits per heavy atom. The van der Waals surface area contributed by atoms with Gasteiger partial charge < -0.3 is 10.6 Å². The average molecular weight is 216 g/mol. The van der Waals surface area contributed by atoms with E-state index in [0.29, 0.717) is 0 Å². The Hall–Kier alpha value is -1.14. The average Bonchev–Trinajstić information content (AvgIpc) is 2.17. The third kappa shape index (κ3) is 7.90. The summed E-state index contributed by atoms with van der Waals surface area (Å²) < 4.78 is 0. The molecule has 3 N–H and O–H groups in total. The van der Waals surface area contributed by atoms with Crippen molar-refractivity contribution in [3.63, 3.8) is 0 Å². The summed E-state index contributed by atoms with van der Waals surface area (Å²) in [6.07, 6.45) is 0.972. The predicted molar refractivity (Wildman–Crippen MR) is 58.6 cm³/mol. The number of hydrogen-bond donors (Lipinski definition) is 3. The van der Waals surface area contributed by atoms with Crippen LogP contribution in [0.1, 0.15) is 6.42 Å². The van der Waals surface area contributed by atoms with Gasteiger partial charge in [0.15, 0.2) is 0 Å². The molecule has 0 rings (SSSR count). The Labute approximate surface area is 90.4 Å². The molecule has 0 spiro atoms. The summed E-state index contributed by atoms with van der Waals surface area (Å²) in [5, 5.41) is 7.55. The summed E-state index contributed by atoms with van der Waals surface area (Å²) in [7, 11) is 5.20. The zero-order valence-electron chi connectivity index (χ0n) is 9.59. The first-order chi connectivity index (χ1) is 7.10. The van der Waals surface area contributed by atoms with Crippen LogP contribution in [0.3, 0.4) is 0 Å². The zero-order chi connectivity index (χ0) is 11.7. The maximum Gasteiger partial charge on any atom is 0.321 e. The van der Waals surface area contributed by atoms with Gasteiger partial charge in [0.25, 0.3) is 0 Å². The van der Waals surface area contributed by atoms with Gasteiger partial charge in [0, 0.05) is 7.05 Å². The summed E-state index contributed by atoms with van der Waals surface area (Å²) in [6.45, 7) is 1.97. The van der Waals surface area contributed by atoms with E-state index in [4.69, 9.17) is 0 Å². The summed E-state index contributed by atoms with van der Waals surface area (Å²) in [4.78, 5) is 23.9. The highest BCUT2D eigenvalue weighted by Gasteiger charge is 2.08. The molecular weight excluding hydrogens is 196 g/mol. The van der Waals surface area contributed by atoms with Gasteiger partial charge in [-0.15, -0.1) is 0 Å². The molecule has 3 amide bonds. The van der Waals surface area contributed by atoms with E-state index in [1.807, 2.05) is 19.0 Å². The van der Waals surface area contributed by atoms with Crippen LogP contribution in [-0.2, 0) is 4.79 Å². The van der Waals surface area contributed by atoms with E-state index in [1.54, 1.807) is 0 Å². The normalized spacial score (nSPS) is 10.1. The molecule has 0 aromatic carbocycles. The first kappa shape index (κ1) is 13.9. The fraction of sp³-hybridized carbons (Fsp3) is 0.778. The summed E-state index contributed by atoms with van der Waals surface area (Å²) >= 11 is 0. The number of likely N-dealkylation sites (N-methyl/N-ethyl adjacent to an activating group) is 1. The third-order valence-corrected chi connectivity index (χ3v) is 1.86. The van der Waals surface area contributed by atoms with Gasteiger partial charge in [0.2, 0.25) is 5.91 Å². The van der Waals surface area contributed by atoms with Gasteiger partial charge in [-0.1, -0.05) is 0 Å². The molecule has 0 aliphatic heterocycles. The number of amides is 3. The second-order valence-corrected chi connectivity index (χ2v) is 3.32. The van der Waals surface area contributed by atoms with E-state index in [-0.39, 0.29) is 12.5 Å². The van der Waals surface area contributed by atoms with Crippen molar-refractivity contribution in [2.75, 3.05) is 40.8 Å². The molecule has 0 heterocycles.